The van der Waals surface area contributed by atoms with E-state index in [2.05, 4.69) is 0 Å². The fourth-order valence-corrected chi connectivity index (χ4v) is 2.50. The summed E-state index contributed by atoms with van der Waals surface area (Å²) in [6, 6.07) is 7.81. The van der Waals surface area contributed by atoms with Crippen LogP contribution in [0.1, 0.15) is 0 Å². The first kappa shape index (κ1) is 10.9. The lowest BCUT2D eigenvalue weighted by Crippen LogP contribution is -2.17. The van der Waals surface area contributed by atoms with Crippen molar-refractivity contribution in [3.8, 4) is 5.75 Å². The fraction of sp³-hybridized carbons (Fsp3) is 0.214. The van der Waals surface area contributed by atoms with E-state index in [1.165, 1.54) is 0 Å². The molecule has 2 heterocycles. The second-order valence-electron chi connectivity index (χ2n) is 4.41. The predicted molar refractivity (Wildman–Crippen MR) is 72.2 cm³/mol. The monoisotopic (exact) mass is 242 g/mol. The van der Waals surface area contributed by atoms with Gasteiger partial charge in [-0.2, -0.15) is 0 Å². The van der Waals surface area contributed by atoms with Gasteiger partial charge in [-0.15, -0.1) is 0 Å². The van der Waals surface area contributed by atoms with Crippen molar-refractivity contribution >= 4 is 21.8 Å². The summed E-state index contributed by atoms with van der Waals surface area (Å²) in [5.41, 5.74) is 1.72. The zero-order valence-corrected chi connectivity index (χ0v) is 10.6. The third-order valence-corrected chi connectivity index (χ3v) is 3.43. The third-order valence-electron chi connectivity index (χ3n) is 3.43. The van der Waals surface area contributed by atoms with Crippen molar-refractivity contribution in [2.24, 2.45) is 14.1 Å². The number of methoxy groups -OCH3 is 1. The van der Waals surface area contributed by atoms with E-state index in [-0.39, 0.29) is 5.56 Å². The van der Waals surface area contributed by atoms with Gasteiger partial charge in [-0.25, -0.2) is 0 Å². The first-order valence-electron chi connectivity index (χ1n) is 5.76. The lowest BCUT2D eigenvalue weighted by Gasteiger charge is -2.02. The summed E-state index contributed by atoms with van der Waals surface area (Å²) in [7, 11) is 5.32. The second-order valence-corrected chi connectivity index (χ2v) is 4.41. The van der Waals surface area contributed by atoms with Gasteiger partial charge in [0, 0.05) is 31.1 Å². The van der Waals surface area contributed by atoms with Crippen molar-refractivity contribution in [3.05, 3.63) is 40.8 Å². The van der Waals surface area contributed by atoms with E-state index in [9.17, 15) is 4.79 Å². The van der Waals surface area contributed by atoms with Crippen molar-refractivity contribution in [1.29, 1.82) is 0 Å². The molecule has 4 heteroatoms. The highest BCUT2D eigenvalue weighted by Crippen LogP contribution is 2.33. The maximum atomic E-state index is 12.2. The van der Waals surface area contributed by atoms with Gasteiger partial charge in [0.15, 0.2) is 0 Å². The molecule has 0 radical (unpaired) electrons. The third kappa shape index (κ3) is 1.23. The van der Waals surface area contributed by atoms with Gasteiger partial charge in [0.2, 0.25) is 0 Å². The Kier molecular flexibility index (Phi) is 2.20. The number of nitrogens with zero attached hydrogens (tertiary/aromatic N) is 2. The first-order chi connectivity index (χ1) is 8.65. The van der Waals surface area contributed by atoms with Gasteiger partial charge >= 0.3 is 0 Å². The number of ether oxygens (including phenoxy) is 1. The van der Waals surface area contributed by atoms with E-state index >= 15 is 0 Å². The van der Waals surface area contributed by atoms with Crippen LogP contribution in [-0.2, 0) is 14.1 Å². The average molecular weight is 242 g/mol. The molecule has 0 atom stereocenters. The Morgan fingerprint density at radius 1 is 1.17 bits per heavy atom. The summed E-state index contributed by atoms with van der Waals surface area (Å²) >= 11 is 0. The molecule has 2 aromatic heterocycles. The maximum Gasteiger partial charge on any atom is 0.274 e. The molecule has 3 rings (SSSR count). The normalized spacial score (nSPS) is 11.3. The van der Waals surface area contributed by atoms with Gasteiger partial charge in [0.25, 0.3) is 5.56 Å². The Bertz CT molecular complexity index is 812. The predicted octanol–water partition coefficient (Wildman–Crippen LogP) is 2.04. The topological polar surface area (TPSA) is 36.2 Å². The number of fused-ring (bicyclic) bond motifs is 3. The highest BCUT2D eigenvalue weighted by molar-refractivity contribution is 6.10. The van der Waals surface area contributed by atoms with E-state index < -0.39 is 0 Å². The summed E-state index contributed by atoms with van der Waals surface area (Å²) in [4.78, 5) is 12.2. The van der Waals surface area contributed by atoms with Crippen LogP contribution in [0.3, 0.4) is 0 Å². The minimum atomic E-state index is 0.00764. The molecule has 0 aliphatic carbocycles. The largest absolute Gasteiger partial charge is 0.496 e. The Hall–Kier alpha value is -2.23. The molecule has 0 fully saturated rings. The molecular formula is C14H14N2O2. The Labute approximate surface area is 104 Å². The molecule has 0 aliphatic heterocycles. The number of benzene rings is 1. The summed E-state index contributed by atoms with van der Waals surface area (Å²) in [5, 5.41) is 1.93. The number of hydrogen-bond acceptors (Lipinski definition) is 2. The molecule has 0 saturated carbocycles. The fourth-order valence-electron chi connectivity index (χ4n) is 2.50. The molecule has 3 aromatic rings. The van der Waals surface area contributed by atoms with Crippen molar-refractivity contribution in [1.82, 2.24) is 9.13 Å². The zero-order valence-electron chi connectivity index (χ0n) is 10.6. The number of aryl methyl sites for hydroxylation is 2. The zero-order chi connectivity index (χ0) is 12.9. The van der Waals surface area contributed by atoms with Crippen LogP contribution in [0.4, 0.5) is 0 Å². The van der Waals surface area contributed by atoms with Crippen LogP contribution in [0, 0.1) is 0 Å². The van der Waals surface area contributed by atoms with Crippen LogP contribution in [-0.4, -0.2) is 16.2 Å². The van der Waals surface area contributed by atoms with Crippen LogP contribution in [0.15, 0.2) is 35.3 Å². The van der Waals surface area contributed by atoms with Crippen molar-refractivity contribution in [2.45, 2.75) is 0 Å². The Morgan fingerprint density at radius 3 is 2.67 bits per heavy atom. The number of aromatic nitrogens is 2. The van der Waals surface area contributed by atoms with Crippen LogP contribution in [0.25, 0.3) is 21.8 Å². The summed E-state index contributed by atoms with van der Waals surface area (Å²) < 4.78 is 8.91. The molecular weight excluding hydrogens is 228 g/mol. The maximum absolute atomic E-state index is 12.2. The molecule has 0 saturated heterocycles. The summed E-state index contributed by atoms with van der Waals surface area (Å²) in [5.74, 6) is 0.798. The minimum Gasteiger partial charge on any atom is -0.496 e. The smallest absolute Gasteiger partial charge is 0.274 e. The van der Waals surface area contributed by atoms with Crippen LogP contribution in [0.2, 0.25) is 0 Å². The van der Waals surface area contributed by atoms with E-state index in [1.807, 2.05) is 35.9 Å². The minimum absolute atomic E-state index is 0.00764. The molecule has 0 unspecified atom stereocenters. The number of pyridine rings is 1. The molecule has 1 aromatic carbocycles. The molecule has 18 heavy (non-hydrogen) atoms. The average Bonchev–Trinajstić information content (AvgIpc) is 2.68. The highest BCUT2D eigenvalue weighted by Gasteiger charge is 2.14. The quantitative estimate of drug-likeness (QED) is 0.654. The van der Waals surface area contributed by atoms with E-state index in [0.29, 0.717) is 5.52 Å². The Balaban J connectivity index is 2.68. The van der Waals surface area contributed by atoms with Gasteiger partial charge in [-0.05, 0) is 18.2 Å². The van der Waals surface area contributed by atoms with Gasteiger partial charge in [0.1, 0.15) is 11.3 Å². The molecule has 0 aliphatic rings. The lowest BCUT2D eigenvalue weighted by molar-refractivity contribution is 0.420. The standard InChI is InChI=1S/C14H14N2O2/c1-15-8-7-9-12-10(5-4-6-11(12)18-3)16(2)13(9)14(15)17/h4-8H,1-3H3. The van der Waals surface area contributed by atoms with Gasteiger partial charge < -0.3 is 13.9 Å². The van der Waals surface area contributed by atoms with Crippen LogP contribution < -0.4 is 10.3 Å². The molecule has 0 bridgehead atoms. The lowest BCUT2D eigenvalue weighted by atomic mass is 10.1. The summed E-state index contributed by atoms with van der Waals surface area (Å²) in [6.45, 7) is 0. The molecule has 92 valence electrons. The number of hydrogen-bond donors (Lipinski definition) is 0. The van der Waals surface area contributed by atoms with Crippen molar-refractivity contribution in [3.63, 3.8) is 0 Å². The number of rotatable bonds is 1. The molecule has 0 N–H and O–H groups in total. The molecule has 0 amide bonds. The highest BCUT2D eigenvalue weighted by atomic mass is 16.5. The van der Waals surface area contributed by atoms with Gasteiger partial charge in [0.05, 0.1) is 12.6 Å². The van der Waals surface area contributed by atoms with E-state index in [4.69, 9.17) is 4.74 Å². The molecule has 4 nitrogen and oxygen atoms in total. The SMILES string of the molecule is COc1cccc2c1c1ccn(C)c(=O)c1n2C. The molecule has 0 spiro atoms. The van der Waals surface area contributed by atoms with Crippen LogP contribution >= 0.6 is 0 Å². The second kappa shape index (κ2) is 3.63. The Morgan fingerprint density at radius 2 is 1.94 bits per heavy atom. The van der Waals surface area contributed by atoms with Crippen LogP contribution in [0.5, 0.6) is 5.75 Å². The van der Waals surface area contributed by atoms with Crippen molar-refractivity contribution in [2.75, 3.05) is 7.11 Å². The van der Waals surface area contributed by atoms with E-state index in [1.54, 1.807) is 24.9 Å². The van der Waals surface area contributed by atoms with E-state index in [0.717, 1.165) is 22.0 Å². The van der Waals surface area contributed by atoms with Gasteiger partial charge in [-0.1, -0.05) is 6.07 Å². The summed E-state index contributed by atoms with van der Waals surface area (Å²) in [6.07, 6.45) is 1.79. The first-order valence-corrected chi connectivity index (χ1v) is 5.76. The van der Waals surface area contributed by atoms with Gasteiger partial charge in [-0.3, -0.25) is 4.79 Å². The van der Waals surface area contributed by atoms with Crippen molar-refractivity contribution < 1.29 is 4.74 Å².